The standard InChI is InChI=1S/C51H100NO8P/c1-6-8-10-12-14-16-18-20-22-23-24-25-26-27-28-30-31-33-35-37-39-41-43-50(53)57-47-49(48-59-61(55,56)58-46-45-52(3,4)5)60-51(54)44-42-40-38-36-34-32-29-21-19-17-15-13-11-9-7-2/h34,36,49H,6-33,35,37-48H2,1-5H3/p+1/b36-34+/t49-/m1/s1. The first-order valence-electron chi connectivity index (χ1n) is 25.9. The summed E-state index contributed by atoms with van der Waals surface area (Å²) >= 11 is 0. The third-order valence-corrected chi connectivity index (χ3v) is 12.5. The summed E-state index contributed by atoms with van der Waals surface area (Å²) in [5.74, 6) is -0.809. The summed E-state index contributed by atoms with van der Waals surface area (Å²) in [7, 11) is 1.48. The van der Waals surface area contributed by atoms with E-state index in [1.165, 1.54) is 180 Å². The van der Waals surface area contributed by atoms with Gasteiger partial charge < -0.3 is 18.9 Å². The summed E-state index contributed by atoms with van der Waals surface area (Å²) in [4.78, 5) is 35.5. The van der Waals surface area contributed by atoms with E-state index in [1.54, 1.807) is 0 Å². The lowest BCUT2D eigenvalue weighted by Crippen LogP contribution is -2.37. The van der Waals surface area contributed by atoms with Crippen molar-refractivity contribution in [3.05, 3.63) is 12.2 Å². The highest BCUT2D eigenvalue weighted by molar-refractivity contribution is 7.47. The fourth-order valence-corrected chi connectivity index (χ4v) is 8.22. The van der Waals surface area contributed by atoms with Crippen molar-refractivity contribution in [3.63, 3.8) is 0 Å². The molecule has 0 radical (unpaired) electrons. The molecule has 0 saturated carbocycles. The van der Waals surface area contributed by atoms with Gasteiger partial charge in [-0.2, -0.15) is 0 Å². The van der Waals surface area contributed by atoms with Gasteiger partial charge in [-0.05, 0) is 38.5 Å². The summed E-state index contributed by atoms with van der Waals surface area (Å²) in [6.07, 6.45) is 48.4. The van der Waals surface area contributed by atoms with Gasteiger partial charge >= 0.3 is 19.8 Å². The van der Waals surface area contributed by atoms with Crippen molar-refractivity contribution in [1.29, 1.82) is 0 Å². The van der Waals surface area contributed by atoms with Gasteiger partial charge in [0.05, 0.1) is 27.7 Å². The van der Waals surface area contributed by atoms with Gasteiger partial charge in [-0.3, -0.25) is 18.6 Å². The first kappa shape index (κ1) is 59.8. The predicted molar refractivity (Wildman–Crippen MR) is 257 cm³/mol. The summed E-state index contributed by atoms with van der Waals surface area (Å²) in [6.45, 7) is 4.45. The van der Waals surface area contributed by atoms with Crippen LogP contribution in [0.2, 0.25) is 0 Å². The van der Waals surface area contributed by atoms with Gasteiger partial charge in [-0.25, -0.2) is 4.57 Å². The van der Waals surface area contributed by atoms with Gasteiger partial charge in [0.25, 0.3) is 0 Å². The number of hydrogen-bond donors (Lipinski definition) is 1. The topological polar surface area (TPSA) is 108 Å². The molecule has 0 aliphatic rings. The van der Waals surface area contributed by atoms with E-state index in [4.69, 9.17) is 18.5 Å². The van der Waals surface area contributed by atoms with Crippen molar-refractivity contribution in [2.45, 2.75) is 258 Å². The Kier molecular flexibility index (Phi) is 43.1. The molecule has 0 aromatic carbocycles. The number of ether oxygens (including phenoxy) is 2. The minimum atomic E-state index is -4.38. The Hall–Kier alpha value is -1.25. The average molecular weight is 887 g/mol. The van der Waals surface area contributed by atoms with E-state index in [-0.39, 0.29) is 25.6 Å². The van der Waals surface area contributed by atoms with Crippen LogP contribution < -0.4 is 0 Å². The Balaban J connectivity index is 4.19. The van der Waals surface area contributed by atoms with Gasteiger partial charge in [-0.15, -0.1) is 0 Å². The van der Waals surface area contributed by atoms with E-state index in [0.717, 1.165) is 38.5 Å². The molecular formula is C51H101NO8P+. The molecule has 0 saturated heterocycles. The maximum absolute atomic E-state index is 12.7. The number of carbonyl (C=O) groups excluding carboxylic acids is 2. The van der Waals surface area contributed by atoms with E-state index in [0.29, 0.717) is 23.9 Å². The second kappa shape index (κ2) is 44.0. The number of phosphoric ester groups is 1. The number of unbranched alkanes of at least 4 members (excludes halogenated alkanes) is 32. The molecule has 0 aromatic rings. The molecule has 362 valence electrons. The van der Waals surface area contributed by atoms with Crippen LogP contribution >= 0.6 is 7.82 Å². The SMILES string of the molecule is CCCCCCCCCCC/C=C/CCCCC(=O)O[C@H](COC(=O)CCCCCCCCCCCCCCCCCCCCCCCC)COP(=O)(O)OCC[N+](C)(C)C. The number of rotatable bonds is 48. The zero-order chi connectivity index (χ0) is 45.0. The van der Waals surface area contributed by atoms with Gasteiger partial charge in [0, 0.05) is 12.8 Å². The van der Waals surface area contributed by atoms with Gasteiger partial charge in [-0.1, -0.05) is 212 Å². The number of esters is 2. The number of quaternary nitrogens is 1. The minimum absolute atomic E-state index is 0.0316. The molecule has 10 heteroatoms. The van der Waals surface area contributed by atoms with Gasteiger partial charge in [0.15, 0.2) is 6.10 Å². The van der Waals surface area contributed by atoms with E-state index in [9.17, 15) is 19.0 Å². The number of carbonyl (C=O) groups is 2. The molecule has 0 aliphatic heterocycles. The highest BCUT2D eigenvalue weighted by Gasteiger charge is 2.27. The molecule has 0 aliphatic carbocycles. The van der Waals surface area contributed by atoms with Crippen LogP contribution in [0.3, 0.4) is 0 Å². The molecule has 0 spiro atoms. The number of hydrogen-bond acceptors (Lipinski definition) is 7. The van der Waals surface area contributed by atoms with Crippen molar-refractivity contribution < 1.29 is 42.1 Å². The molecule has 0 aromatic heterocycles. The Morgan fingerprint density at radius 3 is 1.25 bits per heavy atom. The zero-order valence-electron chi connectivity index (χ0n) is 40.9. The highest BCUT2D eigenvalue weighted by Crippen LogP contribution is 2.43. The average Bonchev–Trinajstić information content (AvgIpc) is 3.21. The van der Waals surface area contributed by atoms with Crippen LogP contribution in [0.5, 0.6) is 0 Å². The van der Waals surface area contributed by atoms with E-state index < -0.39 is 26.5 Å². The fraction of sp³-hybridized carbons (Fsp3) is 0.922. The van der Waals surface area contributed by atoms with Crippen LogP contribution in [0.15, 0.2) is 12.2 Å². The van der Waals surface area contributed by atoms with Crippen LogP contribution in [0.4, 0.5) is 0 Å². The first-order valence-corrected chi connectivity index (χ1v) is 27.4. The fourth-order valence-electron chi connectivity index (χ4n) is 7.48. The predicted octanol–water partition coefficient (Wildman–Crippen LogP) is 15.3. The Labute approximate surface area is 377 Å². The van der Waals surface area contributed by atoms with Crippen molar-refractivity contribution in [1.82, 2.24) is 0 Å². The Bertz CT molecular complexity index is 1050. The molecule has 0 rings (SSSR count). The summed E-state index contributed by atoms with van der Waals surface area (Å²) < 4.78 is 34.4. The summed E-state index contributed by atoms with van der Waals surface area (Å²) in [5.41, 5.74) is 0. The largest absolute Gasteiger partial charge is 0.472 e. The highest BCUT2D eigenvalue weighted by atomic mass is 31.2. The summed E-state index contributed by atoms with van der Waals surface area (Å²) in [6, 6.07) is 0. The zero-order valence-corrected chi connectivity index (χ0v) is 41.8. The van der Waals surface area contributed by atoms with Crippen LogP contribution in [0.25, 0.3) is 0 Å². The quantitative estimate of drug-likeness (QED) is 0.0212. The monoisotopic (exact) mass is 887 g/mol. The lowest BCUT2D eigenvalue weighted by molar-refractivity contribution is -0.870. The third-order valence-electron chi connectivity index (χ3n) is 11.5. The number of likely N-dealkylation sites (N-methyl/N-ethyl adjacent to an activating group) is 1. The van der Waals surface area contributed by atoms with E-state index in [2.05, 4.69) is 26.0 Å². The van der Waals surface area contributed by atoms with Crippen molar-refractivity contribution in [2.75, 3.05) is 47.5 Å². The van der Waals surface area contributed by atoms with Crippen LogP contribution in [-0.4, -0.2) is 74.9 Å². The van der Waals surface area contributed by atoms with Crippen molar-refractivity contribution >= 4 is 19.8 Å². The molecule has 1 N–H and O–H groups in total. The van der Waals surface area contributed by atoms with Crippen molar-refractivity contribution in [3.8, 4) is 0 Å². The van der Waals surface area contributed by atoms with Crippen molar-refractivity contribution in [2.24, 2.45) is 0 Å². The third kappa shape index (κ3) is 48.1. The molecule has 1 unspecified atom stereocenters. The van der Waals surface area contributed by atoms with Gasteiger partial charge in [0.1, 0.15) is 19.8 Å². The molecular weight excluding hydrogens is 786 g/mol. The maximum Gasteiger partial charge on any atom is 0.472 e. The lowest BCUT2D eigenvalue weighted by Gasteiger charge is -2.24. The van der Waals surface area contributed by atoms with Crippen LogP contribution in [0, 0.1) is 0 Å². The minimum Gasteiger partial charge on any atom is -0.462 e. The second-order valence-corrected chi connectivity index (χ2v) is 20.4. The molecule has 0 fully saturated rings. The second-order valence-electron chi connectivity index (χ2n) is 18.9. The normalized spacial score (nSPS) is 13.5. The van der Waals surface area contributed by atoms with E-state index in [1.807, 2.05) is 21.1 Å². The Morgan fingerprint density at radius 1 is 0.492 bits per heavy atom. The van der Waals surface area contributed by atoms with Gasteiger partial charge in [0.2, 0.25) is 0 Å². The molecule has 2 atom stereocenters. The molecule has 0 heterocycles. The number of allylic oxidation sites excluding steroid dienone is 2. The van der Waals surface area contributed by atoms with Crippen LogP contribution in [0.1, 0.15) is 251 Å². The number of phosphoric acid groups is 1. The maximum atomic E-state index is 12.7. The Morgan fingerprint density at radius 2 is 0.836 bits per heavy atom. The molecule has 61 heavy (non-hydrogen) atoms. The number of nitrogens with zero attached hydrogens (tertiary/aromatic N) is 1. The summed E-state index contributed by atoms with van der Waals surface area (Å²) in [5, 5.41) is 0. The van der Waals surface area contributed by atoms with Crippen LogP contribution in [-0.2, 0) is 32.7 Å². The molecule has 0 bridgehead atoms. The lowest BCUT2D eigenvalue weighted by atomic mass is 10.0. The smallest absolute Gasteiger partial charge is 0.462 e. The van der Waals surface area contributed by atoms with E-state index >= 15 is 0 Å². The molecule has 9 nitrogen and oxygen atoms in total. The first-order chi connectivity index (χ1) is 29.5. The molecule has 0 amide bonds.